The highest BCUT2D eigenvalue weighted by Crippen LogP contribution is 2.27. The van der Waals surface area contributed by atoms with Gasteiger partial charge in [-0.25, -0.2) is 0 Å². The predicted molar refractivity (Wildman–Crippen MR) is 60.5 cm³/mol. The maximum absolute atomic E-state index is 12.2. The van der Waals surface area contributed by atoms with E-state index in [2.05, 4.69) is 0 Å². The molecule has 1 aromatic rings. The molecule has 0 saturated heterocycles. The Labute approximate surface area is 98.5 Å². The molecule has 1 aromatic carbocycles. The van der Waals surface area contributed by atoms with E-state index in [1.807, 2.05) is 35.2 Å². The quantitative estimate of drug-likeness (QED) is 0.733. The third kappa shape index (κ3) is 3.89. The van der Waals surface area contributed by atoms with Gasteiger partial charge in [-0.15, -0.1) is 0 Å². The number of alkyl halides is 3. The summed E-state index contributed by atoms with van der Waals surface area (Å²) in [4.78, 5) is 2.01. The van der Waals surface area contributed by atoms with Gasteiger partial charge in [0.05, 0.1) is 6.42 Å². The molecule has 0 N–H and O–H groups in total. The zero-order valence-electron chi connectivity index (χ0n) is 9.37. The maximum atomic E-state index is 12.2. The summed E-state index contributed by atoms with van der Waals surface area (Å²) in [6.07, 6.45) is -3.18. The second-order valence-electron chi connectivity index (χ2n) is 4.31. The van der Waals surface area contributed by atoms with E-state index < -0.39 is 12.6 Å². The summed E-state index contributed by atoms with van der Waals surface area (Å²) in [6, 6.07) is 9.79. The van der Waals surface area contributed by atoms with Crippen molar-refractivity contribution in [2.24, 2.45) is 0 Å². The Bertz CT molecular complexity index is 395. The van der Waals surface area contributed by atoms with E-state index in [1.165, 1.54) is 0 Å². The second-order valence-corrected chi connectivity index (χ2v) is 4.31. The van der Waals surface area contributed by atoms with Gasteiger partial charge in [0.2, 0.25) is 0 Å². The van der Waals surface area contributed by atoms with Crippen molar-refractivity contribution in [3.05, 3.63) is 47.5 Å². The summed E-state index contributed by atoms with van der Waals surface area (Å²) >= 11 is 0. The van der Waals surface area contributed by atoms with Gasteiger partial charge in [-0.3, -0.25) is 4.90 Å². The molecule has 92 valence electrons. The summed E-state index contributed by atoms with van der Waals surface area (Å²) in [5.41, 5.74) is 1.61. The third-order valence-electron chi connectivity index (χ3n) is 2.74. The van der Waals surface area contributed by atoms with Crippen LogP contribution in [-0.4, -0.2) is 24.2 Å². The predicted octanol–water partition coefficient (Wildman–Crippen LogP) is 3.38. The van der Waals surface area contributed by atoms with E-state index >= 15 is 0 Å². The second kappa shape index (κ2) is 4.92. The average Bonchev–Trinajstić information content (AvgIpc) is 2.64. The first-order valence-corrected chi connectivity index (χ1v) is 5.54. The molecule has 0 radical (unpaired) electrons. The van der Waals surface area contributed by atoms with Gasteiger partial charge in [0, 0.05) is 19.6 Å². The largest absolute Gasteiger partial charge is 0.392 e. The van der Waals surface area contributed by atoms with Crippen LogP contribution >= 0.6 is 0 Å². The van der Waals surface area contributed by atoms with Gasteiger partial charge in [0.15, 0.2) is 0 Å². The van der Waals surface area contributed by atoms with Crippen LogP contribution in [0.1, 0.15) is 12.0 Å². The standard InChI is InChI=1S/C13H14F3N/c14-13(15,16)8-12-6-7-17(10-12)9-11-4-2-1-3-5-11/h1-6H,7-10H2. The van der Waals surface area contributed by atoms with Crippen LogP contribution in [0.15, 0.2) is 42.0 Å². The molecule has 0 aromatic heterocycles. The highest BCUT2D eigenvalue weighted by molar-refractivity contribution is 5.18. The smallest absolute Gasteiger partial charge is 0.291 e. The highest BCUT2D eigenvalue weighted by Gasteiger charge is 2.30. The fourth-order valence-corrected chi connectivity index (χ4v) is 2.02. The molecule has 0 unspecified atom stereocenters. The molecule has 1 heterocycles. The maximum Gasteiger partial charge on any atom is 0.392 e. The first kappa shape index (κ1) is 12.2. The summed E-state index contributed by atoms with van der Waals surface area (Å²) in [5, 5.41) is 0. The van der Waals surface area contributed by atoms with Gasteiger partial charge in [-0.1, -0.05) is 36.4 Å². The molecule has 17 heavy (non-hydrogen) atoms. The van der Waals surface area contributed by atoms with Crippen molar-refractivity contribution in [3.8, 4) is 0 Å². The zero-order chi connectivity index (χ0) is 12.3. The molecular weight excluding hydrogens is 227 g/mol. The van der Waals surface area contributed by atoms with Crippen molar-refractivity contribution in [3.63, 3.8) is 0 Å². The molecule has 1 nitrogen and oxygen atoms in total. The van der Waals surface area contributed by atoms with Crippen LogP contribution in [-0.2, 0) is 6.54 Å². The van der Waals surface area contributed by atoms with Crippen LogP contribution in [0.5, 0.6) is 0 Å². The molecule has 0 fully saturated rings. The van der Waals surface area contributed by atoms with E-state index in [9.17, 15) is 13.2 Å². The number of nitrogens with zero attached hydrogens (tertiary/aromatic N) is 1. The van der Waals surface area contributed by atoms with Gasteiger partial charge in [-0.2, -0.15) is 13.2 Å². The Kier molecular flexibility index (Phi) is 3.52. The lowest BCUT2D eigenvalue weighted by molar-refractivity contribution is -0.127. The fourth-order valence-electron chi connectivity index (χ4n) is 2.02. The monoisotopic (exact) mass is 241 g/mol. The summed E-state index contributed by atoms with van der Waals surface area (Å²) in [5.74, 6) is 0. The van der Waals surface area contributed by atoms with Crippen molar-refractivity contribution in [1.29, 1.82) is 0 Å². The average molecular weight is 241 g/mol. The van der Waals surface area contributed by atoms with Crippen molar-refractivity contribution >= 4 is 0 Å². The van der Waals surface area contributed by atoms with Gasteiger partial charge in [0.25, 0.3) is 0 Å². The Morgan fingerprint density at radius 1 is 1.12 bits per heavy atom. The SMILES string of the molecule is FC(F)(F)CC1=CCN(Cc2ccccc2)C1. The van der Waals surface area contributed by atoms with Crippen LogP contribution in [0, 0.1) is 0 Å². The molecule has 0 aliphatic carbocycles. The van der Waals surface area contributed by atoms with E-state index in [-0.39, 0.29) is 0 Å². The number of halogens is 3. The van der Waals surface area contributed by atoms with Crippen LogP contribution < -0.4 is 0 Å². The summed E-state index contributed by atoms with van der Waals surface area (Å²) in [6.45, 7) is 1.74. The summed E-state index contributed by atoms with van der Waals surface area (Å²) in [7, 11) is 0. The molecule has 1 aliphatic rings. The number of rotatable bonds is 3. The van der Waals surface area contributed by atoms with Crippen molar-refractivity contribution in [2.75, 3.05) is 13.1 Å². The Balaban J connectivity index is 1.85. The van der Waals surface area contributed by atoms with Gasteiger partial charge in [0.1, 0.15) is 0 Å². The first-order valence-electron chi connectivity index (χ1n) is 5.54. The minimum Gasteiger partial charge on any atom is -0.291 e. The van der Waals surface area contributed by atoms with Crippen molar-refractivity contribution < 1.29 is 13.2 Å². The van der Waals surface area contributed by atoms with Crippen LogP contribution in [0.4, 0.5) is 13.2 Å². The van der Waals surface area contributed by atoms with Crippen LogP contribution in [0.3, 0.4) is 0 Å². The molecule has 0 bridgehead atoms. The highest BCUT2D eigenvalue weighted by atomic mass is 19.4. The lowest BCUT2D eigenvalue weighted by atomic mass is 10.2. The Morgan fingerprint density at radius 3 is 2.47 bits per heavy atom. The lowest BCUT2D eigenvalue weighted by Crippen LogP contribution is -2.21. The first-order chi connectivity index (χ1) is 8.03. The van der Waals surface area contributed by atoms with Gasteiger partial charge >= 0.3 is 6.18 Å². The topological polar surface area (TPSA) is 3.24 Å². The Hall–Kier alpha value is -1.29. The number of hydrogen-bond acceptors (Lipinski definition) is 1. The van der Waals surface area contributed by atoms with Crippen molar-refractivity contribution in [1.82, 2.24) is 4.90 Å². The minimum absolute atomic E-state index is 0.425. The van der Waals surface area contributed by atoms with E-state index in [1.54, 1.807) is 6.08 Å². The molecule has 0 amide bonds. The summed E-state index contributed by atoms with van der Waals surface area (Å²) < 4.78 is 36.6. The van der Waals surface area contributed by atoms with E-state index in [4.69, 9.17) is 0 Å². The molecule has 0 saturated carbocycles. The third-order valence-corrected chi connectivity index (χ3v) is 2.74. The fraction of sp³-hybridized carbons (Fsp3) is 0.385. The molecular formula is C13H14F3N. The van der Waals surface area contributed by atoms with Crippen LogP contribution in [0.25, 0.3) is 0 Å². The normalized spacial score (nSPS) is 17.2. The molecule has 4 heteroatoms. The van der Waals surface area contributed by atoms with E-state index in [0.717, 1.165) is 5.56 Å². The lowest BCUT2D eigenvalue weighted by Gasteiger charge is -2.16. The Morgan fingerprint density at radius 2 is 1.82 bits per heavy atom. The minimum atomic E-state index is -4.09. The zero-order valence-corrected chi connectivity index (χ0v) is 9.37. The molecule has 0 atom stereocenters. The van der Waals surface area contributed by atoms with Crippen molar-refractivity contribution in [2.45, 2.75) is 19.1 Å². The molecule has 1 aliphatic heterocycles. The van der Waals surface area contributed by atoms with Gasteiger partial charge in [-0.05, 0) is 11.1 Å². The van der Waals surface area contributed by atoms with Gasteiger partial charge < -0.3 is 0 Å². The molecule has 2 rings (SSSR count). The number of hydrogen-bond donors (Lipinski definition) is 0. The van der Waals surface area contributed by atoms with Crippen LogP contribution in [0.2, 0.25) is 0 Å². The molecule has 0 spiro atoms. The number of benzene rings is 1. The van der Waals surface area contributed by atoms with E-state index in [0.29, 0.717) is 25.2 Å².